The molecule has 154 valence electrons. The average Bonchev–Trinajstić information content (AvgIpc) is 3.29. The molecule has 6 nitrogen and oxygen atoms in total. The van der Waals surface area contributed by atoms with Gasteiger partial charge in [-0.05, 0) is 63.0 Å². The second-order valence-corrected chi connectivity index (χ2v) is 8.41. The minimum absolute atomic E-state index is 0.0898. The second kappa shape index (κ2) is 7.86. The molecule has 2 atom stereocenters. The molecule has 2 aliphatic rings. The lowest BCUT2D eigenvalue weighted by atomic mass is 9.92. The van der Waals surface area contributed by atoms with Crippen molar-refractivity contribution in [3.8, 4) is 0 Å². The van der Waals surface area contributed by atoms with Crippen molar-refractivity contribution in [2.45, 2.75) is 45.1 Å². The third-order valence-electron chi connectivity index (χ3n) is 5.97. The molecule has 1 fully saturated rings. The highest BCUT2D eigenvalue weighted by atomic mass is 16.5. The van der Waals surface area contributed by atoms with Gasteiger partial charge in [-0.1, -0.05) is 18.2 Å². The lowest BCUT2D eigenvalue weighted by molar-refractivity contribution is -0.0167. The molecule has 0 saturated carbocycles. The number of β-amino-alcohol motifs (C(OH)–C–C–N with tert-alkyl or cyclic N) is 1. The highest BCUT2D eigenvalue weighted by Gasteiger charge is 2.39. The van der Waals surface area contributed by atoms with Crippen molar-refractivity contribution >= 4 is 5.91 Å². The number of aromatic nitrogens is 1. The van der Waals surface area contributed by atoms with Crippen molar-refractivity contribution in [3.63, 3.8) is 0 Å². The Balaban J connectivity index is 1.59. The molecule has 2 aromatic rings. The van der Waals surface area contributed by atoms with Gasteiger partial charge in [0.15, 0.2) is 6.23 Å². The zero-order valence-electron chi connectivity index (χ0n) is 17.4. The third kappa shape index (κ3) is 3.92. The molecule has 1 amide bonds. The molecular weight excluding hydrogens is 366 g/mol. The summed E-state index contributed by atoms with van der Waals surface area (Å²) in [6.07, 6.45) is 3.71. The zero-order chi connectivity index (χ0) is 20.6. The van der Waals surface area contributed by atoms with Gasteiger partial charge in [-0.15, -0.1) is 0 Å². The van der Waals surface area contributed by atoms with Crippen LogP contribution in [0, 0.1) is 6.92 Å². The Kier molecular flexibility index (Phi) is 5.42. The first-order valence-electron chi connectivity index (χ1n) is 10.2. The number of benzene rings is 1. The fourth-order valence-corrected chi connectivity index (χ4v) is 4.36. The van der Waals surface area contributed by atoms with Crippen molar-refractivity contribution < 1.29 is 14.6 Å². The molecule has 3 heterocycles. The van der Waals surface area contributed by atoms with E-state index in [1.54, 1.807) is 18.2 Å². The summed E-state index contributed by atoms with van der Waals surface area (Å²) in [6, 6.07) is 9.60. The van der Waals surface area contributed by atoms with E-state index in [0.29, 0.717) is 18.7 Å². The van der Waals surface area contributed by atoms with Gasteiger partial charge in [-0.25, -0.2) is 0 Å². The van der Waals surface area contributed by atoms with Crippen LogP contribution in [0.5, 0.6) is 0 Å². The topological polar surface area (TPSA) is 65.9 Å². The number of aryl methyl sites for hydroxylation is 1. The average molecular weight is 396 g/mol. The number of hydrogen-bond acceptors (Lipinski definition) is 5. The summed E-state index contributed by atoms with van der Waals surface area (Å²) < 4.78 is 5.66. The molecule has 1 aromatic carbocycles. The summed E-state index contributed by atoms with van der Waals surface area (Å²) >= 11 is 0. The number of nitrogens with zero attached hydrogens (tertiary/aromatic N) is 3. The number of ether oxygens (including phenoxy) is 1. The maximum absolute atomic E-state index is 13.2. The van der Waals surface area contributed by atoms with E-state index >= 15 is 0 Å². The lowest BCUT2D eigenvalue weighted by Crippen LogP contribution is -2.37. The Morgan fingerprint density at radius 1 is 1.24 bits per heavy atom. The maximum Gasteiger partial charge on any atom is 0.256 e. The van der Waals surface area contributed by atoms with Crippen molar-refractivity contribution in [1.29, 1.82) is 0 Å². The quantitative estimate of drug-likeness (QED) is 0.815. The molecule has 29 heavy (non-hydrogen) atoms. The fraction of sp³-hybridized carbons (Fsp3) is 0.478. The molecule has 2 unspecified atom stereocenters. The molecule has 1 aromatic heterocycles. The SMILES string of the molecule is COC1c2ccc(C(C)(O)CN3CCCC3)cc2C(=O)N1Cc1ccc(C)cn1. The number of methoxy groups -OCH3 is 1. The summed E-state index contributed by atoms with van der Waals surface area (Å²) in [5.41, 5.74) is 3.10. The number of rotatable bonds is 6. The Morgan fingerprint density at radius 2 is 2.00 bits per heavy atom. The van der Waals surface area contributed by atoms with Gasteiger partial charge in [-0.2, -0.15) is 0 Å². The predicted octanol–water partition coefficient (Wildman–Crippen LogP) is 2.99. The van der Waals surface area contributed by atoms with Crippen LogP contribution in [0.3, 0.4) is 0 Å². The van der Waals surface area contributed by atoms with Gasteiger partial charge in [0.2, 0.25) is 0 Å². The van der Waals surface area contributed by atoms with Crippen LogP contribution in [-0.2, 0) is 16.9 Å². The highest BCUT2D eigenvalue weighted by Crippen LogP contribution is 2.37. The molecule has 0 radical (unpaired) electrons. The van der Waals surface area contributed by atoms with E-state index in [4.69, 9.17) is 4.74 Å². The van der Waals surface area contributed by atoms with E-state index in [-0.39, 0.29) is 5.91 Å². The van der Waals surface area contributed by atoms with Crippen LogP contribution in [-0.4, -0.2) is 52.5 Å². The molecule has 4 rings (SSSR count). The van der Waals surface area contributed by atoms with Crippen LogP contribution in [0.2, 0.25) is 0 Å². The molecule has 0 aliphatic carbocycles. The van der Waals surface area contributed by atoms with E-state index in [0.717, 1.165) is 35.5 Å². The number of amides is 1. The zero-order valence-corrected chi connectivity index (χ0v) is 17.4. The molecule has 0 bridgehead atoms. The summed E-state index contributed by atoms with van der Waals surface area (Å²) in [4.78, 5) is 21.6. The van der Waals surface area contributed by atoms with Crippen LogP contribution in [0.1, 0.15) is 58.7 Å². The first-order valence-corrected chi connectivity index (χ1v) is 10.2. The van der Waals surface area contributed by atoms with Crippen molar-refractivity contribution in [2.24, 2.45) is 0 Å². The Morgan fingerprint density at radius 3 is 2.66 bits per heavy atom. The van der Waals surface area contributed by atoms with Gasteiger partial charge in [0.25, 0.3) is 5.91 Å². The third-order valence-corrected chi connectivity index (χ3v) is 5.97. The standard InChI is InChI=1S/C23H29N3O3/c1-16-6-8-18(24-13-16)14-26-21(27)20-12-17(7-9-19(20)22(26)29-3)23(2,28)15-25-10-4-5-11-25/h6-9,12-13,22,28H,4-5,10-11,14-15H2,1-3H3. The Bertz CT molecular complexity index is 889. The molecule has 0 spiro atoms. The van der Waals surface area contributed by atoms with Crippen LogP contribution < -0.4 is 0 Å². The lowest BCUT2D eigenvalue weighted by Gasteiger charge is -2.29. The number of pyridine rings is 1. The second-order valence-electron chi connectivity index (χ2n) is 8.41. The van der Waals surface area contributed by atoms with Gasteiger partial charge >= 0.3 is 0 Å². The maximum atomic E-state index is 13.2. The van der Waals surface area contributed by atoms with Crippen LogP contribution in [0.4, 0.5) is 0 Å². The number of aliphatic hydroxyl groups is 1. The summed E-state index contributed by atoms with van der Waals surface area (Å²) in [5.74, 6) is -0.0898. The molecule has 1 saturated heterocycles. The number of carbonyl (C=O) groups is 1. The van der Waals surface area contributed by atoms with E-state index < -0.39 is 11.8 Å². The number of carbonyl (C=O) groups excluding carboxylic acids is 1. The van der Waals surface area contributed by atoms with Gasteiger partial charge in [-0.3, -0.25) is 9.78 Å². The summed E-state index contributed by atoms with van der Waals surface area (Å²) in [7, 11) is 1.61. The minimum atomic E-state index is -1.01. The normalized spacial score (nSPS) is 21.4. The van der Waals surface area contributed by atoms with Gasteiger partial charge < -0.3 is 19.6 Å². The van der Waals surface area contributed by atoms with Crippen molar-refractivity contribution in [3.05, 3.63) is 64.5 Å². The predicted molar refractivity (Wildman–Crippen MR) is 110 cm³/mol. The molecule has 1 N–H and O–H groups in total. The molecule has 2 aliphatic heterocycles. The Hall–Kier alpha value is -2.28. The number of likely N-dealkylation sites (tertiary alicyclic amines) is 1. The number of hydrogen-bond donors (Lipinski definition) is 1. The number of fused-ring (bicyclic) bond motifs is 1. The van der Waals surface area contributed by atoms with Gasteiger partial charge in [0.05, 0.1) is 17.8 Å². The highest BCUT2D eigenvalue weighted by molar-refractivity contribution is 5.99. The largest absolute Gasteiger partial charge is 0.384 e. The monoisotopic (exact) mass is 395 g/mol. The van der Waals surface area contributed by atoms with E-state index in [1.165, 1.54) is 12.8 Å². The summed E-state index contributed by atoms with van der Waals surface area (Å²) in [6.45, 7) is 6.80. The van der Waals surface area contributed by atoms with Crippen molar-refractivity contribution in [1.82, 2.24) is 14.8 Å². The smallest absolute Gasteiger partial charge is 0.256 e. The molecule has 6 heteroatoms. The van der Waals surface area contributed by atoms with Crippen LogP contribution in [0.15, 0.2) is 36.5 Å². The van der Waals surface area contributed by atoms with E-state index in [1.807, 2.05) is 44.2 Å². The Labute approximate surface area is 172 Å². The van der Waals surface area contributed by atoms with Crippen LogP contribution in [0.25, 0.3) is 0 Å². The van der Waals surface area contributed by atoms with Gasteiger partial charge in [0.1, 0.15) is 0 Å². The van der Waals surface area contributed by atoms with E-state index in [9.17, 15) is 9.90 Å². The summed E-state index contributed by atoms with van der Waals surface area (Å²) in [5, 5.41) is 11.1. The van der Waals surface area contributed by atoms with Crippen molar-refractivity contribution in [2.75, 3.05) is 26.7 Å². The van der Waals surface area contributed by atoms with Gasteiger partial charge in [0, 0.05) is 31.0 Å². The molecular formula is C23H29N3O3. The minimum Gasteiger partial charge on any atom is -0.384 e. The fourth-order valence-electron chi connectivity index (χ4n) is 4.36. The van der Waals surface area contributed by atoms with E-state index in [2.05, 4.69) is 9.88 Å². The first-order chi connectivity index (χ1) is 13.9. The first kappa shape index (κ1) is 20.0. The van der Waals surface area contributed by atoms with Crippen LogP contribution >= 0.6 is 0 Å².